The minimum atomic E-state index is 0.798. The van der Waals surface area contributed by atoms with Gasteiger partial charge >= 0.3 is 0 Å². The third kappa shape index (κ3) is 4.66. The largest absolute Gasteiger partial charge is 0.302 e. The second kappa shape index (κ2) is 7.76. The van der Waals surface area contributed by atoms with E-state index >= 15 is 0 Å². The highest BCUT2D eigenvalue weighted by Gasteiger charge is 2.14. The molecule has 0 saturated carbocycles. The fourth-order valence-electron chi connectivity index (χ4n) is 2.91. The highest BCUT2D eigenvalue weighted by Crippen LogP contribution is 2.23. The summed E-state index contributed by atoms with van der Waals surface area (Å²) in [5, 5.41) is 0.798. The topological polar surface area (TPSA) is 15.6 Å². The van der Waals surface area contributed by atoms with E-state index in [9.17, 15) is 0 Å². The molecule has 1 saturated heterocycles. The van der Waals surface area contributed by atoms with Gasteiger partial charge in [-0.05, 0) is 49.4 Å². The van der Waals surface area contributed by atoms with Crippen molar-refractivity contribution < 1.29 is 0 Å². The van der Waals surface area contributed by atoms with Crippen molar-refractivity contribution in [2.45, 2.75) is 26.2 Å². The van der Waals surface area contributed by atoms with Crippen LogP contribution in [0.4, 0.5) is 5.69 Å². The summed E-state index contributed by atoms with van der Waals surface area (Å²) in [7, 11) is 0. The van der Waals surface area contributed by atoms with Gasteiger partial charge in [0.2, 0.25) is 0 Å². The number of nitrogens with zero attached hydrogens (tertiary/aromatic N) is 2. The summed E-state index contributed by atoms with van der Waals surface area (Å²) in [5.74, 6) is 0. The number of likely N-dealkylation sites (tertiary alicyclic amines) is 1. The third-order valence-electron chi connectivity index (χ3n) is 4.44. The monoisotopic (exact) mass is 326 g/mol. The van der Waals surface area contributed by atoms with E-state index in [0.29, 0.717) is 0 Å². The lowest BCUT2D eigenvalue weighted by Gasteiger charge is -2.27. The van der Waals surface area contributed by atoms with Gasteiger partial charge in [-0.3, -0.25) is 4.99 Å². The van der Waals surface area contributed by atoms with E-state index < -0.39 is 0 Å². The van der Waals surface area contributed by atoms with Crippen molar-refractivity contribution in [2.24, 2.45) is 4.99 Å². The molecule has 1 aliphatic rings. The van der Waals surface area contributed by atoms with E-state index in [4.69, 9.17) is 16.6 Å². The number of hydrogen-bond donors (Lipinski definition) is 0. The van der Waals surface area contributed by atoms with Gasteiger partial charge in [-0.25, -0.2) is 0 Å². The number of aliphatic imine (C=N–C) groups is 1. The predicted octanol–water partition coefficient (Wildman–Crippen LogP) is 5.06. The number of piperidine rings is 1. The first-order chi connectivity index (χ1) is 11.2. The van der Waals surface area contributed by atoms with E-state index in [0.717, 1.165) is 55.2 Å². The maximum atomic E-state index is 6.18. The SMILES string of the molecule is Cc1ccc(N=C2CCN(CCc3ccccc3)CC2)cc1Cl. The maximum Gasteiger partial charge on any atom is 0.0644 e. The molecule has 3 rings (SSSR count). The number of benzene rings is 2. The molecule has 120 valence electrons. The summed E-state index contributed by atoms with van der Waals surface area (Å²) in [6.07, 6.45) is 3.24. The molecule has 23 heavy (non-hydrogen) atoms. The molecule has 1 aliphatic heterocycles. The number of hydrogen-bond acceptors (Lipinski definition) is 2. The van der Waals surface area contributed by atoms with Gasteiger partial charge in [0.15, 0.2) is 0 Å². The van der Waals surface area contributed by atoms with E-state index in [1.807, 2.05) is 19.1 Å². The van der Waals surface area contributed by atoms with Gasteiger partial charge in [0.25, 0.3) is 0 Å². The normalized spacial score (nSPS) is 15.7. The molecule has 2 aromatic carbocycles. The zero-order valence-electron chi connectivity index (χ0n) is 13.6. The van der Waals surface area contributed by atoms with E-state index in [2.05, 4.69) is 41.3 Å². The van der Waals surface area contributed by atoms with Crippen molar-refractivity contribution in [1.82, 2.24) is 4.90 Å². The van der Waals surface area contributed by atoms with Crippen molar-refractivity contribution in [2.75, 3.05) is 19.6 Å². The zero-order valence-corrected chi connectivity index (χ0v) is 14.4. The lowest BCUT2D eigenvalue weighted by Crippen LogP contribution is -2.35. The molecular weight excluding hydrogens is 304 g/mol. The van der Waals surface area contributed by atoms with Crippen molar-refractivity contribution in [1.29, 1.82) is 0 Å². The van der Waals surface area contributed by atoms with Gasteiger partial charge in [-0.1, -0.05) is 48.0 Å². The Morgan fingerprint density at radius 2 is 1.78 bits per heavy atom. The van der Waals surface area contributed by atoms with E-state index in [1.54, 1.807) is 0 Å². The average molecular weight is 327 g/mol. The fourth-order valence-corrected chi connectivity index (χ4v) is 3.09. The van der Waals surface area contributed by atoms with Crippen LogP contribution in [0, 0.1) is 6.92 Å². The molecule has 3 heteroatoms. The number of rotatable bonds is 4. The molecule has 2 nitrogen and oxygen atoms in total. The summed E-state index contributed by atoms with van der Waals surface area (Å²) in [6, 6.07) is 16.8. The minimum absolute atomic E-state index is 0.798. The molecule has 0 amide bonds. The van der Waals surface area contributed by atoms with Crippen LogP contribution in [-0.4, -0.2) is 30.2 Å². The van der Waals surface area contributed by atoms with Crippen LogP contribution in [0.3, 0.4) is 0 Å². The average Bonchev–Trinajstić information content (AvgIpc) is 2.58. The molecule has 0 unspecified atom stereocenters. The smallest absolute Gasteiger partial charge is 0.0644 e. The van der Waals surface area contributed by atoms with Gasteiger partial charge in [0.05, 0.1) is 5.69 Å². The Hall–Kier alpha value is -1.64. The molecule has 0 atom stereocenters. The molecule has 1 heterocycles. The summed E-state index contributed by atoms with van der Waals surface area (Å²) in [5.41, 5.74) is 4.79. The van der Waals surface area contributed by atoms with Crippen molar-refractivity contribution in [3.63, 3.8) is 0 Å². The van der Waals surface area contributed by atoms with Crippen LogP contribution in [0.5, 0.6) is 0 Å². The molecule has 0 bridgehead atoms. The second-order valence-electron chi connectivity index (χ2n) is 6.19. The molecule has 2 aromatic rings. The Kier molecular flexibility index (Phi) is 5.47. The molecule has 0 spiro atoms. The molecule has 1 fully saturated rings. The van der Waals surface area contributed by atoms with Crippen LogP contribution >= 0.6 is 11.6 Å². The van der Waals surface area contributed by atoms with E-state index in [1.165, 1.54) is 11.3 Å². The van der Waals surface area contributed by atoms with Gasteiger partial charge in [0, 0.05) is 30.4 Å². The van der Waals surface area contributed by atoms with Crippen molar-refractivity contribution in [3.05, 3.63) is 64.7 Å². The van der Waals surface area contributed by atoms with Crippen molar-refractivity contribution >= 4 is 23.0 Å². The van der Waals surface area contributed by atoms with Crippen LogP contribution in [-0.2, 0) is 6.42 Å². The Bertz CT molecular complexity index is 669. The van der Waals surface area contributed by atoms with Crippen LogP contribution in [0.25, 0.3) is 0 Å². The zero-order chi connectivity index (χ0) is 16.1. The highest BCUT2D eigenvalue weighted by atomic mass is 35.5. The molecule has 0 radical (unpaired) electrons. The Labute approximate surface area is 143 Å². The van der Waals surface area contributed by atoms with Gasteiger partial charge in [-0.2, -0.15) is 0 Å². The predicted molar refractivity (Wildman–Crippen MR) is 99.1 cm³/mol. The third-order valence-corrected chi connectivity index (χ3v) is 4.84. The van der Waals surface area contributed by atoms with Gasteiger partial charge < -0.3 is 4.90 Å². The highest BCUT2D eigenvalue weighted by molar-refractivity contribution is 6.31. The van der Waals surface area contributed by atoms with Crippen LogP contribution in [0.2, 0.25) is 5.02 Å². The van der Waals surface area contributed by atoms with Crippen molar-refractivity contribution in [3.8, 4) is 0 Å². The summed E-state index contributed by atoms with van der Waals surface area (Å²) < 4.78 is 0. The lowest BCUT2D eigenvalue weighted by molar-refractivity contribution is 0.278. The Morgan fingerprint density at radius 3 is 2.48 bits per heavy atom. The molecular formula is C20H23ClN2. The first-order valence-electron chi connectivity index (χ1n) is 8.29. The number of halogens is 1. The lowest BCUT2D eigenvalue weighted by atomic mass is 10.1. The van der Waals surface area contributed by atoms with E-state index in [-0.39, 0.29) is 0 Å². The first kappa shape index (κ1) is 16.2. The second-order valence-corrected chi connectivity index (χ2v) is 6.60. The quantitative estimate of drug-likeness (QED) is 0.766. The number of aryl methyl sites for hydroxylation is 1. The summed E-state index contributed by atoms with van der Waals surface area (Å²) in [6.45, 7) is 5.36. The van der Waals surface area contributed by atoms with Crippen LogP contribution in [0.15, 0.2) is 53.5 Å². The van der Waals surface area contributed by atoms with Gasteiger partial charge in [-0.15, -0.1) is 0 Å². The Morgan fingerprint density at radius 1 is 1.04 bits per heavy atom. The van der Waals surface area contributed by atoms with Crippen LogP contribution in [0.1, 0.15) is 24.0 Å². The van der Waals surface area contributed by atoms with Crippen LogP contribution < -0.4 is 0 Å². The molecule has 0 N–H and O–H groups in total. The fraction of sp³-hybridized carbons (Fsp3) is 0.350. The maximum absolute atomic E-state index is 6.18. The summed E-state index contributed by atoms with van der Waals surface area (Å²) in [4.78, 5) is 7.31. The molecule has 0 aromatic heterocycles. The van der Waals surface area contributed by atoms with Gasteiger partial charge in [0.1, 0.15) is 0 Å². The molecule has 0 aliphatic carbocycles. The summed E-state index contributed by atoms with van der Waals surface area (Å²) >= 11 is 6.18. The minimum Gasteiger partial charge on any atom is -0.302 e. The first-order valence-corrected chi connectivity index (χ1v) is 8.67. The Balaban J connectivity index is 1.51. The standard InChI is InChI=1S/C20H23ClN2/c1-16-7-8-19(15-20(16)21)22-18-10-13-23(14-11-18)12-9-17-5-3-2-4-6-17/h2-8,15H,9-14H2,1H3.